The van der Waals surface area contributed by atoms with Crippen molar-refractivity contribution in [3.63, 3.8) is 0 Å². The molecule has 0 fully saturated rings. The van der Waals surface area contributed by atoms with E-state index in [1.165, 1.54) is 5.56 Å². The molecule has 0 spiro atoms. The second-order valence-electron chi connectivity index (χ2n) is 5.01. The number of hydrogen-bond acceptors (Lipinski definition) is 2. The molecule has 0 N–H and O–H groups in total. The number of anilines is 1. The molecular weight excluding hydrogens is 272 g/mol. The molecule has 1 aliphatic heterocycles. The standard InChI is InChI=1S/C16H15ClN2O/c1-11-4-2-5-12-6-3-9-19(15(11)12)16(20)13-7-8-18-14(17)10-13/h2,4-5,7-8,10H,3,6,9H2,1H3. The van der Waals surface area contributed by atoms with E-state index in [4.69, 9.17) is 11.6 Å². The molecule has 4 heteroatoms. The van der Waals surface area contributed by atoms with Crippen LogP contribution in [-0.4, -0.2) is 17.4 Å². The molecule has 0 unspecified atom stereocenters. The molecule has 1 aliphatic rings. The fraction of sp³-hybridized carbons (Fsp3) is 0.250. The first-order valence-electron chi connectivity index (χ1n) is 6.69. The van der Waals surface area contributed by atoms with E-state index in [1.807, 2.05) is 24.0 Å². The van der Waals surface area contributed by atoms with Gasteiger partial charge in [-0.15, -0.1) is 0 Å². The SMILES string of the molecule is Cc1cccc2c1N(C(=O)c1ccnc(Cl)c1)CCC2. The Hall–Kier alpha value is -1.87. The first kappa shape index (κ1) is 13.1. The summed E-state index contributed by atoms with van der Waals surface area (Å²) in [7, 11) is 0. The monoisotopic (exact) mass is 286 g/mol. The number of benzene rings is 1. The van der Waals surface area contributed by atoms with Crippen molar-refractivity contribution >= 4 is 23.2 Å². The van der Waals surface area contributed by atoms with Gasteiger partial charge in [0, 0.05) is 18.3 Å². The predicted molar refractivity (Wildman–Crippen MR) is 80.4 cm³/mol. The van der Waals surface area contributed by atoms with Crippen LogP contribution >= 0.6 is 11.6 Å². The number of hydrogen-bond donors (Lipinski definition) is 0. The number of para-hydroxylation sites is 1. The molecule has 0 radical (unpaired) electrons. The van der Waals surface area contributed by atoms with Crippen molar-refractivity contribution in [2.75, 3.05) is 11.4 Å². The normalized spacial score (nSPS) is 14.0. The van der Waals surface area contributed by atoms with Crippen LogP contribution in [0.2, 0.25) is 5.15 Å². The second kappa shape index (κ2) is 5.25. The Morgan fingerprint density at radius 2 is 2.20 bits per heavy atom. The van der Waals surface area contributed by atoms with Gasteiger partial charge in [0.15, 0.2) is 0 Å². The number of aromatic nitrogens is 1. The largest absolute Gasteiger partial charge is 0.308 e. The van der Waals surface area contributed by atoms with Crippen LogP contribution in [0.3, 0.4) is 0 Å². The highest BCUT2D eigenvalue weighted by molar-refractivity contribution is 6.29. The quantitative estimate of drug-likeness (QED) is 0.750. The van der Waals surface area contributed by atoms with Gasteiger partial charge in [0.25, 0.3) is 5.91 Å². The van der Waals surface area contributed by atoms with Gasteiger partial charge in [-0.2, -0.15) is 0 Å². The van der Waals surface area contributed by atoms with Gasteiger partial charge in [-0.25, -0.2) is 4.98 Å². The minimum atomic E-state index is -0.00968. The van der Waals surface area contributed by atoms with Crippen LogP contribution in [0.25, 0.3) is 0 Å². The summed E-state index contributed by atoms with van der Waals surface area (Å²) in [6, 6.07) is 9.52. The number of amides is 1. The van der Waals surface area contributed by atoms with Crippen LogP contribution in [0.15, 0.2) is 36.5 Å². The Labute approximate surface area is 123 Å². The van der Waals surface area contributed by atoms with Crippen molar-refractivity contribution in [2.24, 2.45) is 0 Å². The maximum absolute atomic E-state index is 12.7. The van der Waals surface area contributed by atoms with E-state index in [2.05, 4.69) is 11.1 Å². The summed E-state index contributed by atoms with van der Waals surface area (Å²) in [6.45, 7) is 2.79. The molecule has 0 bridgehead atoms. The van der Waals surface area contributed by atoms with Crippen molar-refractivity contribution in [3.05, 3.63) is 58.4 Å². The minimum absolute atomic E-state index is 0.00968. The van der Waals surface area contributed by atoms with E-state index in [1.54, 1.807) is 18.3 Å². The van der Waals surface area contributed by atoms with Crippen molar-refractivity contribution < 1.29 is 4.79 Å². The Bertz CT molecular complexity index is 669. The van der Waals surface area contributed by atoms with Crippen LogP contribution in [0.5, 0.6) is 0 Å². The van der Waals surface area contributed by atoms with Gasteiger partial charge in [-0.3, -0.25) is 4.79 Å². The molecule has 0 aliphatic carbocycles. The summed E-state index contributed by atoms with van der Waals surface area (Å²) < 4.78 is 0. The van der Waals surface area contributed by atoms with E-state index in [0.29, 0.717) is 10.7 Å². The van der Waals surface area contributed by atoms with Gasteiger partial charge in [-0.1, -0.05) is 29.8 Å². The summed E-state index contributed by atoms with van der Waals surface area (Å²) in [5.41, 5.74) is 4.01. The third kappa shape index (κ3) is 2.29. The fourth-order valence-corrected chi connectivity index (χ4v) is 2.92. The smallest absolute Gasteiger partial charge is 0.258 e. The van der Waals surface area contributed by atoms with Gasteiger partial charge in [-0.05, 0) is 43.0 Å². The fourth-order valence-electron chi connectivity index (χ4n) is 2.74. The zero-order valence-corrected chi connectivity index (χ0v) is 12.0. The number of nitrogens with zero attached hydrogens (tertiary/aromatic N) is 2. The number of halogens is 1. The molecule has 102 valence electrons. The zero-order valence-electron chi connectivity index (χ0n) is 11.3. The molecule has 3 rings (SSSR count). The lowest BCUT2D eigenvalue weighted by atomic mass is 9.97. The molecule has 20 heavy (non-hydrogen) atoms. The maximum atomic E-state index is 12.7. The summed E-state index contributed by atoms with van der Waals surface area (Å²) in [5, 5.41) is 0.345. The van der Waals surface area contributed by atoms with Crippen LogP contribution < -0.4 is 4.90 Å². The van der Waals surface area contributed by atoms with Gasteiger partial charge in [0.2, 0.25) is 0 Å². The Kier molecular flexibility index (Phi) is 3.45. The number of carbonyl (C=O) groups excluding carboxylic acids is 1. The Balaban J connectivity index is 2.03. The van der Waals surface area contributed by atoms with Crippen molar-refractivity contribution in [1.29, 1.82) is 0 Å². The van der Waals surface area contributed by atoms with Crippen LogP contribution in [-0.2, 0) is 6.42 Å². The predicted octanol–water partition coefficient (Wildman–Crippen LogP) is 3.64. The van der Waals surface area contributed by atoms with Crippen molar-refractivity contribution in [1.82, 2.24) is 4.98 Å². The number of fused-ring (bicyclic) bond motifs is 1. The molecule has 3 nitrogen and oxygen atoms in total. The van der Waals surface area contributed by atoms with Crippen LogP contribution in [0.1, 0.15) is 27.9 Å². The molecule has 2 aromatic rings. The van der Waals surface area contributed by atoms with Gasteiger partial charge >= 0.3 is 0 Å². The minimum Gasteiger partial charge on any atom is -0.308 e. The van der Waals surface area contributed by atoms with Crippen LogP contribution in [0.4, 0.5) is 5.69 Å². The average molecular weight is 287 g/mol. The summed E-state index contributed by atoms with van der Waals surface area (Å²) in [6.07, 6.45) is 3.58. The second-order valence-corrected chi connectivity index (χ2v) is 5.40. The van der Waals surface area contributed by atoms with E-state index in [9.17, 15) is 4.79 Å². The van der Waals surface area contributed by atoms with Gasteiger partial charge < -0.3 is 4.90 Å². The highest BCUT2D eigenvalue weighted by atomic mass is 35.5. The molecule has 0 atom stereocenters. The van der Waals surface area contributed by atoms with Crippen molar-refractivity contribution in [2.45, 2.75) is 19.8 Å². The molecule has 0 saturated carbocycles. The number of pyridine rings is 1. The highest BCUT2D eigenvalue weighted by Crippen LogP contribution is 2.31. The summed E-state index contributed by atoms with van der Waals surface area (Å²) in [4.78, 5) is 18.5. The number of rotatable bonds is 1. The lowest BCUT2D eigenvalue weighted by Gasteiger charge is -2.31. The van der Waals surface area contributed by atoms with Gasteiger partial charge in [0.05, 0.1) is 5.69 Å². The zero-order chi connectivity index (χ0) is 14.1. The molecule has 2 heterocycles. The van der Waals surface area contributed by atoms with E-state index < -0.39 is 0 Å². The maximum Gasteiger partial charge on any atom is 0.258 e. The highest BCUT2D eigenvalue weighted by Gasteiger charge is 2.25. The summed E-state index contributed by atoms with van der Waals surface area (Å²) >= 11 is 5.88. The van der Waals surface area contributed by atoms with E-state index >= 15 is 0 Å². The van der Waals surface area contributed by atoms with E-state index in [-0.39, 0.29) is 5.91 Å². The molecule has 1 aromatic heterocycles. The third-order valence-corrected chi connectivity index (χ3v) is 3.84. The first-order chi connectivity index (χ1) is 9.66. The van der Waals surface area contributed by atoms with Crippen molar-refractivity contribution in [3.8, 4) is 0 Å². The molecule has 0 saturated heterocycles. The Morgan fingerprint density at radius 1 is 1.35 bits per heavy atom. The lowest BCUT2D eigenvalue weighted by Crippen LogP contribution is -2.36. The topological polar surface area (TPSA) is 33.2 Å². The van der Waals surface area contributed by atoms with Gasteiger partial charge in [0.1, 0.15) is 5.15 Å². The number of aryl methyl sites for hydroxylation is 2. The Morgan fingerprint density at radius 3 is 3.00 bits per heavy atom. The molecular formula is C16H15ClN2O. The summed E-state index contributed by atoms with van der Waals surface area (Å²) in [5.74, 6) is -0.00968. The lowest BCUT2D eigenvalue weighted by molar-refractivity contribution is 0.0985. The molecule has 1 amide bonds. The average Bonchev–Trinajstić information content (AvgIpc) is 2.46. The van der Waals surface area contributed by atoms with Crippen LogP contribution in [0, 0.1) is 6.92 Å². The van der Waals surface area contributed by atoms with E-state index in [0.717, 1.165) is 30.6 Å². The first-order valence-corrected chi connectivity index (χ1v) is 7.06. The third-order valence-electron chi connectivity index (χ3n) is 3.64. The number of carbonyl (C=O) groups is 1. The molecule has 1 aromatic carbocycles.